The molecule has 6 heteroatoms. The Morgan fingerprint density at radius 3 is 3.09 bits per heavy atom. The number of thiophene rings is 1. The fourth-order valence-corrected chi connectivity index (χ4v) is 2.64. The summed E-state index contributed by atoms with van der Waals surface area (Å²) in [5.41, 5.74) is 3.46. The van der Waals surface area contributed by atoms with Crippen LogP contribution in [0.3, 0.4) is 0 Å². The Hall–Kier alpha value is -2.60. The molecule has 1 aromatic heterocycles. The average molecular weight is 314 g/mol. The summed E-state index contributed by atoms with van der Waals surface area (Å²) < 4.78 is 10.5. The van der Waals surface area contributed by atoms with Crippen molar-refractivity contribution >= 4 is 29.5 Å². The Bertz CT molecular complexity index is 708. The van der Waals surface area contributed by atoms with Crippen molar-refractivity contribution < 1.29 is 14.3 Å². The number of benzene rings is 1. The van der Waals surface area contributed by atoms with Crippen LogP contribution >= 0.6 is 11.3 Å². The first-order valence-electron chi connectivity index (χ1n) is 6.72. The predicted octanol–water partition coefficient (Wildman–Crippen LogP) is 2.83. The zero-order valence-corrected chi connectivity index (χ0v) is 12.5. The standard InChI is InChI=1S/C16H14N2O3S/c19-16(10-13-4-2-8-22-13)18-17-7-1-3-12-5-6-14-15(9-12)21-11-20-14/h1-9H,10-11H2,(H,18,19). The summed E-state index contributed by atoms with van der Waals surface area (Å²) in [6.07, 6.45) is 5.51. The van der Waals surface area contributed by atoms with Gasteiger partial charge in [-0.25, -0.2) is 5.43 Å². The van der Waals surface area contributed by atoms with Crippen LogP contribution in [0.4, 0.5) is 0 Å². The molecule has 0 bridgehead atoms. The molecule has 0 saturated carbocycles. The number of nitrogens with zero attached hydrogens (tertiary/aromatic N) is 1. The van der Waals surface area contributed by atoms with Crippen molar-refractivity contribution in [2.24, 2.45) is 5.10 Å². The minimum atomic E-state index is -0.129. The Labute approximate surface area is 131 Å². The second-order valence-corrected chi connectivity index (χ2v) is 5.57. The van der Waals surface area contributed by atoms with E-state index in [4.69, 9.17) is 9.47 Å². The number of ether oxygens (including phenoxy) is 2. The summed E-state index contributed by atoms with van der Waals surface area (Å²) >= 11 is 1.55. The van der Waals surface area contributed by atoms with E-state index in [9.17, 15) is 4.79 Å². The first-order chi connectivity index (χ1) is 10.8. The van der Waals surface area contributed by atoms with Crippen molar-refractivity contribution in [3.05, 3.63) is 52.2 Å². The first kappa shape index (κ1) is 14.3. The van der Waals surface area contributed by atoms with Gasteiger partial charge in [0.15, 0.2) is 11.5 Å². The lowest BCUT2D eigenvalue weighted by atomic mass is 10.2. The molecule has 0 saturated heterocycles. The molecule has 0 fully saturated rings. The SMILES string of the molecule is O=C(Cc1cccs1)NN=CC=Cc1ccc2c(c1)OCO2. The molecule has 3 rings (SSSR count). The van der Waals surface area contributed by atoms with E-state index in [0.29, 0.717) is 6.42 Å². The second kappa shape index (κ2) is 6.91. The fraction of sp³-hybridized carbons (Fsp3) is 0.125. The van der Waals surface area contributed by atoms with E-state index in [0.717, 1.165) is 21.9 Å². The normalized spacial score (nSPS) is 13.1. The van der Waals surface area contributed by atoms with Crippen LogP contribution in [0, 0.1) is 0 Å². The maximum atomic E-state index is 11.6. The third-order valence-electron chi connectivity index (χ3n) is 2.95. The molecule has 2 aromatic rings. The molecule has 1 aliphatic rings. The molecule has 112 valence electrons. The highest BCUT2D eigenvalue weighted by molar-refractivity contribution is 7.10. The van der Waals surface area contributed by atoms with E-state index < -0.39 is 0 Å². The Morgan fingerprint density at radius 1 is 1.32 bits per heavy atom. The van der Waals surface area contributed by atoms with Crippen molar-refractivity contribution in [2.45, 2.75) is 6.42 Å². The maximum Gasteiger partial charge on any atom is 0.245 e. The molecule has 0 aliphatic carbocycles. The summed E-state index contributed by atoms with van der Waals surface area (Å²) in [4.78, 5) is 12.6. The van der Waals surface area contributed by atoms with Crippen molar-refractivity contribution in [3.63, 3.8) is 0 Å². The van der Waals surface area contributed by atoms with Gasteiger partial charge in [0, 0.05) is 11.1 Å². The second-order valence-electron chi connectivity index (χ2n) is 4.54. The van der Waals surface area contributed by atoms with Crippen LogP contribution in [0.15, 0.2) is 46.9 Å². The first-order valence-corrected chi connectivity index (χ1v) is 7.60. The molecule has 0 atom stereocenters. The van der Waals surface area contributed by atoms with E-state index in [1.807, 2.05) is 41.8 Å². The van der Waals surface area contributed by atoms with Gasteiger partial charge in [-0.1, -0.05) is 18.2 Å². The van der Waals surface area contributed by atoms with Gasteiger partial charge in [-0.3, -0.25) is 4.79 Å². The zero-order valence-electron chi connectivity index (χ0n) is 11.7. The number of nitrogens with one attached hydrogen (secondary N) is 1. The molecule has 0 radical (unpaired) electrons. The number of fused-ring (bicyclic) bond motifs is 1. The van der Waals surface area contributed by atoms with Crippen LogP contribution in [0.5, 0.6) is 11.5 Å². The van der Waals surface area contributed by atoms with Gasteiger partial charge in [-0.2, -0.15) is 5.10 Å². The topological polar surface area (TPSA) is 59.9 Å². The highest BCUT2D eigenvalue weighted by Crippen LogP contribution is 2.32. The lowest BCUT2D eigenvalue weighted by Crippen LogP contribution is -2.18. The average Bonchev–Trinajstić information content (AvgIpc) is 3.17. The largest absolute Gasteiger partial charge is 0.454 e. The minimum Gasteiger partial charge on any atom is -0.454 e. The molecule has 22 heavy (non-hydrogen) atoms. The number of carbonyl (C=O) groups excluding carboxylic acids is 1. The molecule has 1 aromatic carbocycles. The van der Waals surface area contributed by atoms with E-state index >= 15 is 0 Å². The van der Waals surface area contributed by atoms with Crippen molar-refractivity contribution in [3.8, 4) is 11.5 Å². The summed E-state index contributed by atoms with van der Waals surface area (Å²) in [6, 6.07) is 9.52. The Balaban J connectivity index is 1.48. The lowest BCUT2D eigenvalue weighted by molar-refractivity contribution is -0.120. The number of rotatable bonds is 5. The smallest absolute Gasteiger partial charge is 0.245 e. The third kappa shape index (κ3) is 3.73. The predicted molar refractivity (Wildman–Crippen MR) is 86.3 cm³/mol. The van der Waals surface area contributed by atoms with Gasteiger partial charge in [-0.05, 0) is 35.2 Å². The van der Waals surface area contributed by atoms with Crippen LogP contribution in [0.1, 0.15) is 10.4 Å². The maximum absolute atomic E-state index is 11.6. The quantitative estimate of drug-likeness (QED) is 0.682. The van der Waals surface area contributed by atoms with E-state index in [1.54, 1.807) is 17.4 Å². The Morgan fingerprint density at radius 2 is 2.23 bits per heavy atom. The van der Waals surface area contributed by atoms with Crippen molar-refractivity contribution in [1.82, 2.24) is 5.43 Å². The summed E-state index contributed by atoms with van der Waals surface area (Å²) in [5, 5.41) is 5.82. The van der Waals surface area contributed by atoms with Crippen LogP contribution in [-0.2, 0) is 11.2 Å². The molecule has 1 N–H and O–H groups in total. The van der Waals surface area contributed by atoms with Gasteiger partial charge < -0.3 is 9.47 Å². The number of hydrogen-bond acceptors (Lipinski definition) is 5. The Kier molecular flexibility index (Phi) is 4.50. The molecule has 0 spiro atoms. The summed E-state index contributed by atoms with van der Waals surface area (Å²) in [7, 11) is 0. The monoisotopic (exact) mass is 314 g/mol. The molecule has 1 aliphatic heterocycles. The summed E-state index contributed by atoms with van der Waals surface area (Å²) in [5.74, 6) is 1.37. The fourth-order valence-electron chi connectivity index (χ4n) is 1.93. The van der Waals surface area contributed by atoms with Gasteiger partial charge in [0.25, 0.3) is 0 Å². The molecule has 2 heterocycles. The lowest BCUT2D eigenvalue weighted by Gasteiger charge is -1.97. The van der Waals surface area contributed by atoms with Gasteiger partial charge >= 0.3 is 0 Å². The zero-order chi connectivity index (χ0) is 15.2. The molecule has 0 unspecified atom stereocenters. The number of carbonyl (C=O) groups is 1. The van der Waals surface area contributed by atoms with Crippen molar-refractivity contribution in [2.75, 3.05) is 6.79 Å². The van der Waals surface area contributed by atoms with Gasteiger partial charge in [-0.15, -0.1) is 11.3 Å². The van der Waals surface area contributed by atoms with E-state index in [2.05, 4.69) is 10.5 Å². The van der Waals surface area contributed by atoms with Crippen molar-refractivity contribution in [1.29, 1.82) is 0 Å². The summed E-state index contributed by atoms with van der Waals surface area (Å²) in [6.45, 7) is 0.264. The number of hydrogen-bond donors (Lipinski definition) is 1. The van der Waals surface area contributed by atoms with Gasteiger partial charge in [0.2, 0.25) is 12.7 Å². The molecular weight excluding hydrogens is 300 g/mol. The van der Waals surface area contributed by atoms with E-state index in [1.165, 1.54) is 6.21 Å². The van der Waals surface area contributed by atoms with Gasteiger partial charge in [0.1, 0.15) is 0 Å². The minimum absolute atomic E-state index is 0.129. The highest BCUT2D eigenvalue weighted by atomic mass is 32.1. The van der Waals surface area contributed by atoms with Crippen LogP contribution in [0.25, 0.3) is 6.08 Å². The number of amides is 1. The molecule has 1 amide bonds. The third-order valence-corrected chi connectivity index (χ3v) is 3.83. The molecular formula is C16H14N2O3S. The highest BCUT2D eigenvalue weighted by Gasteiger charge is 2.11. The van der Waals surface area contributed by atoms with Crippen LogP contribution in [-0.4, -0.2) is 18.9 Å². The molecule has 5 nitrogen and oxygen atoms in total. The van der Waals surface area contributed by atoms with Gasteiger partial charge in [0.05, 0.1) is 6.42 Å². The van der Waals surface area contributed by atoms with Crippen LogP contribution < -0.4 is 14.9 Å². The van der Waals surface area contributed by atoms with Crippen LogP contribution in [0.2, 0.25) is 0 Å². The number of allylic oxidation sites excluding steroid dienone is 1. The van der Waals surface area contributed by atoms with E-state index in [-0.39, 0.29) is 12.7 Å². The number of hydrazone groups is 1.